The molecule has 0 aliphatic carbocycles. The third-order valence-corrected chi connectivity index (χ3v) is 1.86. The van der Waals surface area contributed by atoms with Crippen molar-refractivity contribution in [2.75, 3.05) is 40.1 Å². The SMILES string of the molecule is COCCOCCOCC(O)C(C)C. The second-order valence-corrected chi connectivity index (χ2v) is 3.49. The molecule has 0 aliphatic heterocycles. The highest BCUT2D eigenvalue weighted by molar-refractivity contribution is 4.57. The maximum absolute atomic E-state index is 9.38. The summed E-state index contributed by atoms with van der Waals surface area (Å²) in [5, 5.41) is 9.38. The van der Waals surface area contributed by atoms with Gasteiger partial charge in [-0.1, -0.05) is 13.8 Å². The molecule has 0 aromatic rings. The first-order chi connectivity index (χ1) is 6.68. The molecule has 0 rings (SSSR count). The first-order valence-electron chi connectivity index (χ1n) is 5.01. The molecule has 14 heavy (non-hydrogen) atoms. The van der Waals surface area contributed by atoms with Gasteiger partial charge in [-0.25, -0.2) is 0 Å². The molecule has 0 saturated heterocycles. The molecule has 1 N–H and O–H groups in total. The van der Waals surface area contributed by atoms with Crippen LogP contribution in [0.1, 0.15) is 13.8 Å². The Morgan fingerprint density at radius 1 is 1.00 bits per heavy atom. The Balaban J connectivity index is 3.06. The second-order valence-electron chi connectivity index (χ2n) is 3.49. The molecule has 86 valence electrons. The minimum atomic E-state index is -0.381. The van der Waals surface area contributed by atoms with Gasteiger partial charge in [-0.05, 0) is 5.92 Å². The molecule has 0 radical (unpaired) electrons. The van der Waals surface area contributed by atoms with E-state index < -0.39 is 0 Å². The van der Waals surface area contributed by atoms with E-state index in [4.69, 9.17) is 14.2 Å². The van der Waals surface area contributed by atoms with Crippen molar-refractivity contribution >= 4 is 0 Å². The lowest BCUT2D eigenvalue weighted by atomic mass is 10.1. The zero-order valence-corrected chi connectivity index (χ0v) is 9.36. The lowest BCUT2D eigenvalue weighted by Gasteiger charge is -2.14. The van der Waals surface area contributed by atoms with Gasteiger partial charge in [0.2, 0.25) is 0 Å². The molecule has 0 aromatic heterocycles. The lowest BCUT2D eigenvalue weighted by molar-refractivity contribution is -0.0174. The van der Waals surface area contributed by atoms with Gasteiger partial charge >= 0.3 is 0 Å². The van der Waals surface area contributed by atoms with Crippen LogP contribution >= 0.6 is 0 Å². The largest absolute Gasteiger partial charge is 0.390 e. The predicted molar refractivity (Wildman–Crippen MR) is 54.4 cm³/mol. The molecule has 1 atom stereocenters. The summed E-state index contributed by atoms with van der Waals surface area (Å²) in [6.07, 6.45) is -0.381. The van der Waals surface area contributed by atoms with E-state index in [0.717, 1.165) is 0 Å². The van der Waals surface area contributed by atoms with E-state index in [9.17, 15) is 5.11 Å². The quantitative estimate of drug-likeness (QED) is 0.564. The van der Waals surface area contributed by atoms with E-state index in [1.165, 1.54) is 0 Å². The molecule has 0 amide bonds. The minimum absolute atomic E-state index is 0.240. The smallest absolute Gasteiger partial charge is 0.0796 e. The monoisotopic (exact) mass is 206 g/mol. The molecule has 0 aromatic carbocycles. The molecule has 0 spiro atoms. The third kappa shape index (κ3) is 8.44. The minimum Gasteiger partial charge on any atom is -0.390 e. The highest BCUT2D eigenvalue weighted by Crippen LogP contribution is 2.00. The number of hydrogen-bond donors (Lipinski definition) is 1. The van der Waals surface area contributed by atoms with Crippen LogP contribution in [0.15, 0.2) is 0 Å². The number of hydrogen-bond acceptors (Lipinski definition) is 4. The van der Waals surface area contributed by atoms with E-state index in [2.05, 4.69) is 0 Å². The van der Waals surface area contributed by atoms with Crippen LogP contribution in [0.5, 0.6) is 0 Å². The van der Waals surface area contributed by atoms with Crippen LogP contribution < -0.4 is 0 Å². The first-order valence-corrected chi connectivity index (χ1v) is 5.01. The van der Waals surface area contributed by atoms with Crippen molar-refractivity contribution in [3.8, 4) is 0 Å². The van der Waals surface area contributed by atoms with Crippen LogP contribution in [-0.2, 0) is 14.2 Å². The average molecular weight is 206 g/mol. The van der Waals surface area contributed by atoms with E-state index in [0.29, 0.717) is 33.0 Å². The van der Waals surface area contributed by atoms with Gasteiger partial charge in [-0.15, -0.1) is 0 Å². The van der Waals surface area contributed by atoms with Crippen molar-refractivity contribution < 1.29 is 19.3 Å². The summed E-state index contributed by atoms with van der Waals surface area (Å²) in [5.41, 5.74) is 0. The van der Waals surface area contributed by atoms with E-state index >= 15 is 0 Å². The van der Waals surface area contributed by atoms with Gasteiger partial charge in [0.1, 0.15) is 0 Å². The summed E-state index contributed by atoms with van der Waals surface area (Å²) in [6.45, 7) is 6.57. The molecular weight excluding hydrogens is 184 g/mol. The van der Waals surface area contributed by atoms with Gasteiger partial charge in [-0.3, -0.25) is 0 Å². The Morgan fingerprint density at radius 2 is 1.57 bits per heavy atom. The van der Waals surface area contributed by atoms with E-state index in [1.807, 2.05) is 13.8 Å². The van der Waals surface area contributed by atoms with E-state index in [-0.39, 0.29) is 12.0 Å². The fraction of sp³-hybridized carbons (Fsp3) is 1.00. The molecule has 1 unspecified atom stereocenters. The third-order valence-electron chi connectivity index (χ3n) is 1.86. The van der Waals surface area contributed by atoms with Crippen LogP contribution in [0.25, 0.3) is 0 Å². The van der Waals surface area contributed by atoms with Crippen molar-refractivity contribution in [1.82, 2.24) is 0 Å². The zero-order valence-electron chi connectivity index (χ0n) is 9.36. The van der Waals surface area contributed by atoms with Crippen molar-refractivity contribution in [2.24, 2.45) is 5.92 Å². The van der Waals surface area contributed by atoms with Gasteiger partial charge in [0.15, 0.2) is 0 Å². The Labute approximate surface area is 86.2 Å². The van der Waals surface area contributed by atoms with Crippen molar-refractivity contribution in [3.05, 3.63) is 0 Å². The molecule has 0 heterocycles. The van der Waals surface area contributed by atoms with E-state index in [1.54, 1.807) is 7.11 Å². The topological polar surface area (TPSA) is 47.9 Å². The van der Waals surface area contributed by atoms with Crippen LogP contribution in [0.4, 0.5) is 0 Å². The highest BCUT2D eigenvalue weighted by Gasteiger charge is 2.08. The van der Waals surface area contributed by atoms with Gasteiger partial charge in [-0.2, -0.15) is 0 Å². The van der Waals surface area contributed by atoms with Gasteiger partial charge in [0, 0.05) is 7.11 Å². The van der Waals surface area contributed by atoms with Crippen molar-refractivity contribution in [1.29, 1.82) is 0 Å². The predicted octanol–water partition coefficient (Wildman–Crippen LogP) is 0.683. The Hall–Kier alpha value is -0.160. The normalized spacial score (nSPS) is 13.5. The Kier molecular flexibility index (Phi) is 9.29. The summed E-state index contributed by atoms with van der Waals surface area (Å²) in [5.74, 6) is 0.240. The fourth-order valence-electron chi connectivity index (χ4n) is 0.759. The van der Waals surface area contributed by atoms with Crippen LogP contribution in [0, 0.1) is 5.92 Å². The van der Waals surface area contributed by atoms with Crippen LogP contribution in [-0.4, -0.2) is 51.4 Å². The second kappa shape index (κ2) is 9.40. The summed E-state index contributed by atoms with van der Waals surface area (Å²) in [7, 11) is 1.64. The van der Waals surface area contributed by atoms with Crippen LogP contribution in [0.2, 0.25) is 0 Å². The van der Waals surface area contributed by atoms with Gasteiger partial charge < -0.3 is 19.3 Å². The standard InChI is InChI=1S/C10H22O4/c1-9(2)10(11)8-14-7-6-13-5-4-12-3/h9-11H,4-8H2,1-3H3. The Morgan fingerprint density at radius 3 is 2.14 bits per heavy atom. The maximum Gasteiger partial charge on any atom is 0.0796 e. The summed E-state index contributed by atoms with van der Waals surface area (Å²) >= 11 is 0. The summed E-state index contributed by atoms with van der Waals surface area (Å²) in [4.78, 5) is 0. The number of ether oxygens (including phenoxy) is 3. The van der Waals surface area contributed by atoms with Crippen LogP contribution in [0.3, 0.4) is 0 Å². The summed E-state index contributed by atoms with van der Waals surface area (Å²) < 4.78 is 15.2. The highest BCUT2D eigenvalue weighted by atomic mass is 16.5. The van der Waals surface area contributed by atoms with Gasteiger partial charge in [0.05, 0.1) is 39.1 Å². The number of aliphatic hydroxyl groups is 1. The fourth-order valence-corrected chi connectivity index (χ4v) is 0.759. The number of rotatable bonds is 9. The first kappa shape index (κ1) is 13.8. The molecule has 4 nitrogen and oxygen atoms in total. The number of aliphatic hydroxyl groups excluding tert-OH is 1. The van der Waals surface area contributed by atoms with Crippen molar-refractivity contribution in [3.63, 3.8) is 0 Å². The summed E-state index contributed by atoms with van der Waals surface area (Å²) in [6, 6.07) is 0. The Bertz CT molecular complexity index is 117. The molecule has 4 heteroatoms. The zero-order chi connectivity index (χ0) is 10.8. The average Bonchev–Trinajstić information content (AvgIpc) is 2.16. The molecule has 0 fully saturated rings. The van der Waals surface area contributed by atoms with Gasteiger partial charge in [0.25, 0.3) is 0 Å². The maximum atomic E-state index is 9.38. The molecule has 0 aliphatic rings. The van der Waals surface area contributed by atoms with Crippen molar-refractivity contribution in [2.45, 2.75) is 20.0 Å². The molecule has 0 saturated carbocycles. The lowest BCUT2D eigenvalue weighted by Crippen LogP contribution is -2.22. The number of methoxy groups -OCH3 is 1. The molecule has 0 bridgehead atoms. The molecular formula is C10H22O4.